The first kappa shape index (κ1) is 15.6. The van der Waals surface area contributed by atoms with Crippen molar-refractivity contribution in [1.82, 2.24) is 5.43 Å². The van der Waals surface area contributed by atoms with E-state index in [0.717, 1.165) is 16.9 Å². The molecule has 1 N–H and O–H groups in total. The molecule has 0 atom stereocenters. The molecule has 0 unspecified atom stereocenters. The Morgan fingerprint density at radius 3 is 2.59 bits per heavy atom. The van der Waals surface area contributed by atoms with E-state index in [0.29, 0.717) is 5.75 Å². The highest BCUT2D eigenvalue weighted by molar-refractivity contribution is 5.83. The first-order valence-electron chi connectivity index (χ1n) is 6.83. The number of hydrogen-bond acceptors (Lipinski definition) is 4. The van der Waals surface area contributed by atoms with Crippen molar-refractivity contribution >= 4 is 12.1 Å². The number of aryl methyl sites for hydroxylation is 1. The highest BCUT2D eigenvalue weighted by Crippen LogP contribution is 2.16. The van der Waals surface area contributed by atoms with Gasteiger partial charge in [0.05, 0.1) is 13.3 Å². The normalized spacial score (nSPS) is 10.5. The van der Waals surface area contributed by atoms with E-state index in [-0.39, 0.29) is 12.5 Å². The molecule has 0 radical (unpaired) electrons. The van der Waals surface area contributed by atoms with Gasteiger partial charge in [0.15, 0.2) is 6.61 Å². The van der Waals surface area contributed by atoms with Crippen LogP contribution in [0.5, 0.6) is 11.5 Å². The number of amides is 1. The highest BCUT2D eigenvalue weighted by atomic mass is 16.5. The monoisotopic (exact) mass is 298 g/mol. The van der Waals surface area contributed by atoms with Gasteiger partial charge < -0.3 is 9.47 Å². The maximum Gasteiger partial charge on any atom is 0.277 e. The molecule has 22 heavy (non-hydrogen) atoms. The van der Waals surface area contributed by atoms with Crippen molar-refractivity contribution in [3.63, 3.8) is 0 Å². The van der Waals surface area contributed by atoms with Gasteiger partial charge in [0.2, 0.25) is 0 Å². The maximum atomic E-state index is 11.6. The van der Waals surface area contributed by atoms with Crippen LogP contribution in [0.15, 0.2) is 53.6 Å². The van der Waals surface area contributed by atoms with Gasteiger partial charge in [0.1, 0.15) is 11.5 Å². The van der Waals surface area contributed by atoms with E-state index in [9.17, 15) is 4.79 Å². The van der Waals surface area contributed by atoms with E-state index in [1.54, 1.807) is 37.6 Å². The Balaban J connectivity index is 1.77. The Morgan fingerprint density at radius 1 is 1.18 bits per heavy atom. The van der Waals surface area contributed by atoms with Crippen LogP contribution in [0, 0.1) is 6.92 Å². The van der Waals surface area contributed by atoms with Crippen molar-refractivity contribution in [1.29, 1.82) is 0 Å². The van der Waals surface area contributed by atoms with Crippen molar-refractivity contribution in [3.05, 3.63) is 59.7 Å². The van der Waals surface area contributed by atoms with Crippen LogP contribution in [-0.2, 0) is 4.79 Å². The van der Waals surface area contributed by atoms with E-state index < -0.39 is 0 Å². The van der Waals surface area contributed by atoms with Crippen LogP contribution >= 0.6 is 0 Å². The number of benzene rings is 2. The lowest BCUT2D eigenvalue weighted by Crippen LogP contribution is -2.24. The van der Waals surface area contributed by atoms with Crippen LogP contribution in [-0.4, -0.2) is 25.8 Å². The van der Waals surface area contributed by atoms with Crippen LogP contribution in [0.25, 0.3) is 0 Å². The Labute approximate surface area is 129 Å². The molecule has 0 fully saturated rings. The van der Waals surface area contributed by atoms with Gasteiger partial charge in [-0.25, -0.2) is 5.43 Å². The summed E-state index contributed by atoms with van der Waals surface area (Å²) in [7, 11) is 1.59. The molecule has 0 saturated carbocycles. The standard InChI is InChI=1S/C17H18N2O3/c1-13-4-3-5-14(10-13)11-18-19-17(20)12-22-16-8-6-15(21-2)7-9-16/h3-11H,12H2,1-2H3,(H,19,20)/b18-11+. The van der Waals surface area contributed by atoms with Crippen LogP contribution in [0.3, 0.4) is 0 Å². The number of carbonyl (C=O) groups is 1. The van der Waals surface area contributed by atoms with Gasteiger partial charge in [0.25, 0.3) is 5.91 Å². The van der Waals surface area contributed by atoms with Gasteiger partial charge in [0, 0.05) is 0 Å². The van der Waals surface area contributed by atoms with Gasteiger partial charge in [-0.15, -0.1) is 0 Å². The summed E-state index contributed by atoms with van der Waals surface area (Å²) in [4.78, 5) is 11.6. The Morgan fingerprint density at radius 2 is 1.91 bits per heavy atom. The largest absolute Gasteiger partial charge is 0.497 e. The average Bonchev–Trinajstić information content (AvgIpc) is 2.53. The molecule has 2 aromatic carbocycles. The number of nitrogens with one attached hydrogen (secondary N) is 1. The molecule has 0 bridgehead atoms. The first-order valence-corrected chi connectivity index (χ1v) is 6.83. The molecule has 0 saturated heterocycles. The fourth-order valence-electron chi connectivity index (χ4n) is 1.78. The van der Waals surface area contributed by atoms with Crippen LogP contribution in [0.4, 0.5) is 0 Å². The maximum absolute atomic E-state index is 11.6. The summed E-state index contributed by atoms with van der Waals surface area (Å²) in [5.74, 6) is 1.01. The van der Waals surface area contributed by atoms with Crippen LogP contribution in [0.2, 0.25) is 0 Å². The Bertz CT molecular complexity index is 651. The number of carbonyl (C=O) groups excluding carboxylic acids is 1. The number of rotatable bonds is 6. The number of hydrazone groups is 1. The Hall–Kier alpha value is -2.82. The summed E-state index contributed by atoms with van der Waals surface area (Å²) in [5.41, 5.74) is 4.49. The second-order valence-electron chi connectivity index (χ2n) is 4.67. The average molecular weight is 298 g/mol. The Kier molecular flexibility index (Phi) is 5.54. The van der Waals surface area contributed by atoms with Crippen molar-refractivity contribution in [2.45, 2.75) is 6.92 Å². The van der Waals surface area contributed by atoms with Gasteiger partial charge in [-0.1, -0.05) is 29.8 Å². The number of nitrogens with zero attached hydrogens (tertiary/aromatic N) is 1. The molecule has 5 nitrogen and oxygen atoms in total. The van der Waals surface area contributed by atoms with Gasteiger partial charge in [-0.2, -0.15) is 5.10 Å². The number of hydrogen-bond donors (Lipinski definition) is 1. The molecule has 114 valence electrons. The minimum atomic E-state index is -0.320. The van der Waals surface area contributed by atoms with E-state index in [4.69, 9.17) is 9.47 Å². The third kappa shape index (κ3) is 4.94. The van der Waals surface area contributed by atoms with E-state index in [1.165, 1.54) is 0 Å². The van der Waals surface area contributed by atoms with Crippen LogP contribution < -0.4 is 14.9 Å². The molecule has 0 aromatic heterocycles. The molecule has 1 amide bonds. The highest BCUT2D eigenvalue weighted by Gasteiger charge is 2.01. The summed E-state index contributed by atoms with van der Waals surface area (Å²) < 4.78 is 10.4. The molecular formula is C17H18N2O3. The lowest BCUT2D eigenvalue weighted by atomic mass is 10.2. The third-order valence-corrected chi connectivity index (χ3v) is 2.87. The molecule has 2 aromatic rings. The van der Waals surface area contributed by atoms with Gasteiger partial charge in [-0.05, 0) is 36.8 Å². The molecule has 0 aliphatic heterocycles. The molecule has 2 rings (SSSR count). The topological polar surface area (TPSA) is 59.9 Å². The van der Waals surface area contributed by atoms with Crippen molar-refractivity contribution in [3.8, 4) is 11.5 Å². The zero-order valence-corrected chi connectivity index (χ0v) is 12.6. The SMILES string of the molecule is COc1ccc(OCC(=O)N/N=C/c2cccc(C)c2)cc1. The number of methoxy groups -OCH3 is 1. The summed E-state index contributed by atoms with van der Waals surface area (Å²) in [6.07, 6.45) is 1.60. The summed E-state index contributed by atoms with van der Waals surface area (Å²) >= 11 is 0. The second-order valence-corrected chi connectivity index (χ2v) is 4.67. The second kappa shape index (κ2) is 7.83. The predicted molar refractivity (Wildman–Crippen MR) is 85.4 cm³/mol. The molecule has 5 heteroatoms. The van der Waals surface area contributed by atoms with Gasteiger partial charge in [-0.3, -0.25) is 4.79 Å². The quantitative estimate of drug-likeness (QED) is 0.658. The molecular weight excluding hydrogens is 280 g/mol. The summed E-state index contributed by atoms with van der Waals surface area (Å²) in [6.45, 7) is 1.90. The van der Waals surface area contributed by atoms with Crippen molar-refractivity contribution in [2.24, 2.45) is 5.10 Å². The molecule has 0 heterocycles. The van der Waals surface area contributed by atoms with E-state index >= 15 is 0 Å². The van der Waals surface area contributed by atoms with Crippen molar-refractivity contribution in [2.75, 3.05) is 13.7 Å². The fraction of sp³-hybridized carbons (Fsp3) is 0.176. The third-order valence-electron chi connectivity index (χ3n) is 2.87. The lowest BCUT2D eigenvalue weighted by Gasteiger charge is -2.05. The number of ether oxygens (including phenoxy) is 2. The smallest absolute Gasteiger partial charge is 0.277 e. The van der Waals surface area contributed by atoms with Crippen LogP contribution in [0.1, 0.15) is 11.1 Å². The summed E-state index contributed by atoms with van der Waals surface area (Å²) in [5, 5.41) is 3.90. The molecule has 0 aliphatic rings. The minimum Gasteiger partial charge on any atom is -0.497 e. The van der Waals surface area contributed by atoms with E-state index in [2.05, 4.69) is 10.5 Å². The molecule has 0 aliphatic carbocycles. The lowest BCUT2D eigenvalue weighted by molar-refractivity contribution is -0.123. The van der Waals surface area contributed by atoms with E-state index in [1.807, 2.05) is 31.2 Å². The molecule has 0 spiro atoms. The zero-order chi connectivity index (χ0) is 15.8. The fourth-order valence-corrected chi connectivity index (χ4v) is 1.78. The van der Waals surface area contributed by atoms with Gasteiger partial charge >= 0.3 is 0 Å². The van der Waals surface area contributed by atoms with Crippen molar-refractivity contribution < 1.29 is 14.3 Å². The zero-order valence-electron chi connectivity index (χ0n) is 12.6. The summed E-state index contributed by atoms with van der Waals surface area (Å²) in [6, 6.07) is 14.8. The first-order chi connectivity index (χ1) is 10.7. The minimum absolute atomic E-state index is 0.0997. The predicted octanol–water partition coefficient (Wildman–Crippen LogP) is 2.53.